The van der Waals surface area contributed by atoms with Crippen LogP contribution in [-0.4, -0.2) is 26.1 Å². The summed E-state index contributed by atoms with van der Waals surface area (Å²) in [7, 11) is 1.38. The normalized spacial score (nSPS) is 19.8. The topological polar surface area (TPSA) is 35.5 Å². The highest BCUT2D eigenvalue weighted by molar-refractivity contribution is 5.98. The predicted octanol–water partition coefficient (Wildman–Crippen LogP) is 2.05. The van der Waals surface area contributed by atoms with Crippen molar-refractivity contribution in [2.75, 3.05) is 20.3 Å². The lowest BCUT2D eigenvalue weighted by atomic mass is 9.97. The van der Waals surface area contributed by atoms with Crippen LogP contribution in [0.5, 0.6) is 5.75 Å². The van der Waals surface area contributed by atoms with Gasteiger partial charge in [-0.1, -0.05) is 0 Å². The van der Waals surface area contributed by atoms with Gasteiger partial charge in [-0.15, -0.1) is 0 Å². The van der Waals surface area contributed by atoms with E-state index in [1.807, 2.05) is 0 Å². The second-order valence-electron chi connectivity index (χ2n) is 3.77. The van der Waals surface area contributed by atoms with Gasteiger partial charge in [0.15, 0.2) is 17.3 Å². The molecule has 0 radical (unpaired) electrons. The smallest absolute Gasteiger partial charge is 0.168 e. The number of ether oxygens (including phenoxy) is 2. The van der Waals surface area contributed by atoms with E-state index in [4.69, 9.17) is 9.47 Å². The Kier molecular flexibility index (Phi) is 3.19. The number of halogens is 1. The molecule has 0 saturated carbocycles. The van der Waals surface area contributed by atoms with Crippen LogP contribution >= 0.6 is 0 Å². The average Bonchev–Trinajstić information content (AvgIpc) is 2.82. The molecular formula is C12H13FO3. The molecule has 0 amide bonds. The van der Waals surface area contributed by atoms with Gasteiger partial charge in [0.25, 0.3) is 0 Å². The quantitative estimate of drug-likeness (QED) is 0.737. The summed E-state index contributed by atoms with van der Waals surface area (Å²) in [5.41, 5.74) is 0.480. The molecule has 1 aliphatic heterocycles. The number of methoxy groups -OCH3 is 1. The summed E-state index contributed by atoms with van der Waals surface area (Å²) in [6.45, 7) is 1.08. The second kappa shape index (κ2) is 4.61. The molecule has 3 nitrogen and oxygen atoms in total. The Bertz CT molecular complexity index is 397. The molecule has 4 heteroatoms. The number of hydrogen-bond donors (Lipinski definition) is 0. The lowest BCUT2D eigenvalue weighted by molar-refractivity contribution is 0.0900. The summed E-state index contributed by atoms with van der Waals surface area (Å²) in [6.07, 6.45) is 0.735. The van der Waals surface area contributed by atoms with Gasteiger partial charge in [0.2, 0.25) is 0 Å². The van der Waals surface area contributed by atoms with Crippen LogP contribution in [0.3, 0.4) is 0 Å². The van der Waals surface area contributed by atoms with Crippen LogP contribution in [0.4, 0.5) is 4.39 Å². The van der Waals surface area contributed by atoms with E-state index >= 15 is 0 Å². The van der Waals surface area contributed by atoms with Crippen LogP contribution in [0.25, 0.3) is 0 Å². The molecule has 1 saturated heterocycles. The minimum Gasteiger partial charge on any atom is -0.494 e. The predicted molar refractivity (Wildman–Crippen MR) is 56.2 cm³/mol. The van der Waals surface area contributed by atoms with Gasteiger partial charge in [-0.25, -0.2) is 4.39 Å². The van der Waals surface area contributed by atoms with Gasteiger partial charge in [0, 0.05) is 18.1 Å². The summed E-state index contributed by atoms with van der Waals surface area (Å²) < 4.78 is 23.1. The summed E-state index contributed by atoms with van der Waals surface area (Å²) in [6, 6.07) is 4.18. The first-order valence-corrected chi connectivity index (χ1v) is 5.18. The first-order chi connectivity index (χ1) is 7.72. The Morgan fingerprint density at radius 2 is 2.38 bits per heavy atom. The van der Waals surface area contributed by atoms with E-state index in [2.05, 4.69) is 0 Å². The van der Waals surface area contributed by atoms with E-state index in [1.54, 1.807) is 0 Å². The maximum Gasteiger partial charge on any atom is 0.168 e. The molecule has 1 fully saturated rings. The Balaban J connectivity index is 2.22. The van der Waals surface area contributed by atoms with Crippen LogP contribution in [0.15, 0.2) is 18.2 Å². The zero-order valence-corrected chi connectivity index (χ0v) is 9.03. The third-order valence-corrected chi connectivity index (χ3v) is 2.74. The molecule has 1 aromatic carbocycles. The van der Waals surface area contributed by atoms with E-state index < -0.39 is 5.82 Å². The Hall–Kier alpha value is -1.42. The fourth-order valence-corrected chi connectivity index (χ4v) is 1.79. The molecule has 2 rings (SSSR count). The van der Waals surface area contributed by atoms with Crippen molar-refractivity contribution in [3.05, 3.63) is 29.6 Å². The molecule has 0 aliphatic carbocycles. The van der Waals surface area contributed by atoms with Crippen molar-refractivity contribution in [3.63, 3.8) is 0 Å². The average molecular weight is 224 g/mol. The summed E-state index contributed by atoms with van der Waals surface area (Å²) in [5.74, 6) is -0.461. The van der Waals surface area contributed by atoms with Crippen molar-refractivity contribution < 1.29 is 18.7 Å². The summed E-state index contributed by atoms with van der Waals surface area (Å²) in [4.78, 5) is 12.0. The molecular weight excluding hydrogens is 211 g/mol. The van der Waals surface area contributed by atoms with E-state index in [1.165, 1.54) is 25.3 Å². The molecule has 0 N–H and O–H groups in total. The van der Waals surface area contributed by atoms with Crippen molar-refractivity contribution in [2.24, 2.45) is 5.92 Å². The first-order valence-electron chi connectivity index (χ1n) is 5.18. The molecule has 1 unspecified atom stereocenters. The van der Waals surface area contributed by atoms with Gasteiger partial charge in [0.1, 0.15) is 0 Å². The molecule has 16 heavy (non-hydrogen) atoms. The minimum atomic E-state index is -0.457. The maximum atomic E-state index is 13.1. The Morgan fingerprint density at radius 1 is 1.56 bits per heavy atom. The third-order valence-electron chi connectivity index (χ3n) is 2.74. The van der Waals surface area contributed by atoms with Crippen molar-refractivity contribution in [3.8, 4) is 5.75 Å². The van der Waals surface area contributed by atoms with Crippen molar-refractivity contribution >= 4 is 5.78 Å². The fourth-order valence-electron chi connectivity index (χ4n) is 1.79. The molecule has 0 spiro atoms. The largest absolute Gasteiger partial charge is 0.494 e. The van der Waals surface area contributed by atoms with Crippen LogP contribution < -0.4 is 4.74 Å². The molecule has 0 aromatic heterocycles. The highest BCUT2D eigenvalue weighted by Gasteiger charge is 2.25. The van der Waals surface area contributed by atoms with E-state index in [0.717, 1.165) is 6.42 Å². The van der Waals surface area contributed by atoms with Crippen LogP contribution in [-0.2, 0) is 4.74 Å². The van der Waals surface area contributed by atoms with Crippen molar-refractivity contribution in [1.29, 1.82) is 0 Å². The number of rotatable bonds is 3. The van der Waals surface area contributed by atoms with E-state index in [9.17, 15) is 9.18 Å². The second-order valence-corrected chi connectivity index (χ2v) is 3.77. The Morgan fingerprint density at radius 3 is 3.00 bits per heavy atom. The standard InChI is InChI=1S/C12H13FO3/c1-15-11-6-8(2-3-10(11)13)12(14)9-4-5-16-7-9/h2-3,6,9H,4-5,7H2,1H3. The van der Waals surface area contributed by atoms with Crippen molar-refractivity contribution in [2.45, 2.75) is 6.42 Å². The van der Waals surface area contributed by atoms with E-state index in [0.29, 0.717) is 18.8 Å². The highest BCUT2D eigenvalue weighted by Crippen LogP contribution is 2.23. The Labute approximate surface area is 93.2 Å². The highest BCUT2D eigenvalue weighted by atomic mass is 19.1. The lowest BCUT2D eigenvalue weighted by Crippen LogP contribution is -2.14. The zero-order valence-electron chi connectivity index (χ0n) is 9.03. The van der Waals surface area contributed by atoms with Gasteiger partial charge in [-0.3, -0.25) is 4.79 Å². The molecule has 1 aromatic rings. The van der Waals surface area contributed by atoms with Crippen LogP contribution in [0.2, 0.25) is 0 Å². The SMILES string of the molecule is COc1cc(C(=O)C2CCOC2)ccc1F. The minimum absolute atomic E-state index is 0.00389. The number of carbonyl (C=O) groups is 1. The van der Waals surface area contributed by atoms with Gasteiger partial charge in [0.05, 0.1) is 13.7 Å². The van der Waals surface area contributed by atoms with Gasteiger partial charge >= 0.3 is 0 Å². The number of hydrogen-bond acceptors (Lipinski definition) is 3. The van der Waals surface area contributed by atoms with Gasteiger partial charge in [-0.2, -0.15) is 0 Å². The van der Waals surface area contributed by atoms with E-state index in [-0.39, 0.29) is 17.5 Å². The molecule has 1 heterocycles. The fraction of sp³-hybridized carbons (Fsp3) is 0.417. The first kappa shape index (κ1) is 11.1. The summed E-state index contributed by atoms with van der Waals surface area (Å²) >= 11 is 0. The molecule has 1 atom stereocenters. The molecule has 86 valence electrons. The van der Waals surface area contributed by atoms with Gasteiger partial charge in [-0.05, 0) is 24.6 Å². The maximum absolute atomic E-state index is 13.1. The lowest BCUT2D eigenvalue weighted by Gasteiger charge is -2.08. The monoisotopic (exact) mass is 224 g/mol. The van der Waals surface area contributed by atoms with Crippen molar-refractivity contribution in [1.82, 2.24) is 0 Å². The molecule has 0 bridgehead atoms. The zero-order chi connectivity index (χ0) is 11.5. The number of ketones is 1. The third kappa shape index (κ3) is 2.07. The number of Topliss-reactive ketones (excluding diaryl/α,β-unsaturated/α-hetero) is 1. The van der Waals surface area contributed by atoms with Crippen LogP contribution in [0.1, 0.15) is 16.8 Å². The molecule has 1 aliphatic rings. The van der Waals surface area contributed by atoms with Gasteiger partial charge < -0.3 is 9.47 Å². The number of carbonyl (C=O) groups excluding carboxylic acids is 1. The van der Waals surface area contributed by atoms with Crippen LogP contribution in [0, 0.1) is 11.7 Å². The summed E-state index contributed by atoms with van der Waals surface area (Å²) in [5, 5.41) is 0. The number of benzene rings is 1.